The highest BCUT2D eigenvalue weighted by molar-refractivity contribution is 5.96. The number of amides is 1. The van der Waals surface area contributed by atoms with Crippen LogP contribution in [0, 0.1) is 13.8 Å². The molecule has 19 heavy (non-hydrogen) atoms. The third-order valence-corrected chi connectivity index (χ3v) is 3.06. The molecule has 1 aromatic heterocycles. The molecule has 0 bridgehead atoms. The van der Waals surface area contributed by atoms with Gasteiger partial charge < -0.3 is 9.84 Å². The van der Waals surface area contributed by atoms with Gasteiger partial charge in [-0.2, -0.15) is 0 Å². The summed E-state index contributed by atoms with van der Waals surface area (Å²) < 4.78 is 5.12. The molecule has 0 aliphatic carbocycles. The predicted octanol–water partition coefficient (Wildman–Crippen LogP) is 2.78. The molecule has 0 fully saturated rings. The Balaban J connectivity index is 2.05. The molecule has 1 N–H and O–H groups in total. The Hall–Kier alpha value is -2.10. The van der Waals surface area contributed by atoms with E-state index < -0.39 is 0 Å². The minimum Gasteiger partial charge on any atom is -0.360 e. The number of carbonyl (C=O) groups is 1. The summed E-state index contributed by atoms with van der Waals surface area (Å²) in [5.41, 5.74) is 3.48. The second kappa shape index (κ2) is 5.69. The minimum atomic E-state index is -0.129. The molecule has 1 amide bonds. The van der Waals surface area contributed by atoms with E-state index in [1.54, 1.807) is 6.92 Å². The van der Waals surface area contributed by atoms with E-state index in [2.05, 4.69) is 10.5 Å². The van der Waals surface area contributed by atoms with Gasteiger partial charge in [-0.3, -0.25) is 4.79 Å². The summed E-state index contributed by atoms with van der Waals surface area (Å²) in [6.07, 6.45) is 0.661. The summed E-state index contributed by atoms with van der Waals surface area (Å²) in [5, 5.41) is 6.74. The lowest BCUT2D eigenvalue weighted by Gasteiger charge is -2.05. The second-order valence-electron chi connectivity index (χ2n) is 4.59. The van der Waals surface area contributed by atoms with E-state index in [1.165, 1.54) is 5.56 Å². The van der Waals surface area contributed by atoms with Crippen molar-refractivity contribution in [2.75, 3.05) is 0 Å². The van der Waals surface area contributed by atoms with E-state index in [-0.39, 0.29) is 5.91 Å². The van der Waals surface area contributed by atoms with Crippen LogP contribution in [-0.4, -0.2) is 11.1 Å². The maximum absolute atomic E-state index is 12.1. The standard InChI is InChI=1S/C15H18N2O2/c1-4-13-14(11(3)17-19-13)15(18)16-9-12-7-5-10(2)6-8-12/h5-8H,4,9H2,1-3H3,(H,16,18). The van der Waals surface area contributed by atoms with Gasteiger partial charge in [-0.1, -0.05) is 41.9 Å². The van der Waals surface area contributed by atoms with Gasteiger partial charge in [0.1, 0.15) is 11.3 Å². The van der Waals surface area contributed by atoms with Crippen LogP contribution in [0.15, 0.2) is 28.8 Å². The number of hydrogen-bond donors (Lipinski definition) is 1. The number of rotatable bonds is 4. The number of carbonyl (C=O) groups excluding carboxylic acids is 1. The Morgan fingerprint density at radius 1 is 1.26 bits per heavy atom. The normalized spacial score (nSPS) is 10.5. The molecule has 1 heterocycles. The maximum Gasteiger partial charge on any atom is 0.257 e. The molecule has 0 spiro atoms. The number of aromatic nitrogens is 1. The molecular weight excluding hydrogens is 240 g/mol. The van der Waals surface area contributed by atoms with E-state index in [0.29, 0.717) is 30.0 Å². The maximum atomic E-state index is 12.1. The molecule has 0 unspecified atom stereocenters. The fraction of sp³-hybridized carbons (Fsp3) is 0.333. The summed E-state index contributed by atoms with van der Waals surface area (Å²) >= 11 is 0. The Labute approximate surface area is 112 Å². The zero-order chi connectivity index (χ0) is 13.8. The van der Waals surface area contributed by atoms with Crippen molar-refractivity contribution in [3.05, 3.63) is 52.4 Å². The van der Waals surface area contributed by atoms with Crippen LogP contribution in [0.1, 0.15) is 39.9 Å². The van der Waals surface area contributed by atoms with Crippen LogP contribution in [0.4, 0.5) is 0 Å². The summed E-state index contributed by atoms with van der Waals surface area (Å²) in [7, 11) is 0. The van der Waals surface area contributed by atoms with Gasteiger partial charge in [0.05, 0.1) is 5.69 Å². The van der Waals surface area contributed by atoms with E-state index in [4.69, 9.17) is 4.52 Å². The summed E-state index contributed by atoms with van der Waals surface area (Å²) in [5.74, 6) is 0.509. The van der Waals surface area contributed by atoms with Crippen LogP contribution >= 0.6 is 0 Å². The van der Waals surface area contributed by atoms with Crippen molar-refractivity contribution >= 4 is 5.91 Å². The van der Waals surface area contributed by atoms with Crippen molar-refractivity contribution in [1.82, 2.24) is 10.5 Å². The van der Waals surface area contributed by atoms with Crippen molar-refractivity contribution in [2.24, 2.45) is 0 Å². The molecule has 0 saturated carbocycles. The fourth-order valence-electron chi connectivity index (χ4n) is 1.93. The lowest BCUT2D eigenvalue weighted by Crippen LogP contribution is -2.24. The van der Waals surface area contributed by atoms with Crippen LogP contribution in [0.2, 0.25) is 0 Å². The number of nitrogens with zero attached hydrogens (tertiary/aromatic N) is 1. The molecule has 0 aliphatic heterocycles. The lowest BCUT2D eigenvalue weighted by atomic mass is 10.1. The third-order valence-electron chi connectivity index (χ3n) is 3.06. The number of aryl methyl sites for hydroxylation is 3. The van der Waals surface area contributed by atoms with Crippen LogP contribution in [-0.2, 0) is 13.0 Å². The summed E-state index contributed by atoms with van der Waals surface area (Å²) in [6, 6.07) is 8.08. The van der Waals surface area contributed by atoms with E-state index in [0.717, 1.165) is 5.56 Å². The van der Waals surface area contributed by atoms with Gasteiger partial charge in [0.2, 0.25) is 0 Å². The lowest BCUT2D eigenvalue weighted by molar-refractivity contribution is 0.0948. The predicted molar refractivity (Wildman–Crippen MR) is 73.0 cm³/mol. The first-order valence-corrected chi connectivity index (χ1v) is 6.40. The monoisotopic (exact) mass is 258 g/mol. The fourth-order valence-corrected chi connectivity index (χ4v) is 1.93. The molecule has 0 aliphatic rings. The van der Waals surface area contributed by atoms with Gasteiger partial charge in [0, 0.05) is 13.0 Å². The molecule has 2 aromatic rings. The van der Waals surface area contributed by atoms with Gasteiger partial charge in [0.25, 0.3) is 5.91 Å². The van der Waals surface area contributed by atoms with Crippen LogP contribution in [0.3, 0.4) is 0 Å². The third kappa shape index (κ3) is 3.02. The summed E-state index contributed by atoms with van der Waals surface area (Å²) in [6.45, 7) is 6.27. The van der Waals surface area contributed by atoms with Crippen LogP contribution < -0.4 is 5.32 Å². The molecule has 1 aromatic carbocycles. The largest absolute Gasteiger partial charge is 0.360 e. The second-order valence-corrected chi connectivity index (χ2v) is 4.59. The highest BCUT2D eigenvalue weighted by atomic mass is 16.5. The first kappa shape index (κ1) is 13.3. The Kier molecular flexibility index (Phi) is 4.00. The number of benzene rings is 1. The van der Waals surface area contributed by atoms with Gasteiger partial charge in [-0.25, -0.2) is 0 Å². The van der Waals surface area contributed by atoms with Crippen molar-refractivity contribution in [3.63, 3.8) is 0 Å². The van der Waals surface area contributed by atoms with Gasteiger partial charge in [0.15, 0.2) is 0 Å². The van der Waals surface area contributed by atoms with Crippen molar-refractivity contribution in [2.45, 2.75) is 33.7 Å². The highest BCUT2D eigenvalue weighted by Crippen LogP contribution is 2.14. The van der Waals surface area contributed by atoms with Gasteiger partial charge in [-0.05, 0) is 19.4 Å². The zero-order valence-corrected chi connectivity index (χ0v) is 11.5. The highest BCUT2D eigenvalue weighted by Gasteiger charge is 2.18. The van der Waals surface area contributed by atoms with E-state index in [1.807, 2.05) is 38.1 Å². The first-order chi connectivity index (χ1) is 9.11. The molecule has 0 radical (unpaired) electrons. The Morgan fingerprint density at radius 3 is 2.58 bits per heavy atom. The van der Waals surface area contributed by atoms with Crippen molar-refractivity contribution in [3.8, 4) is 0 Å². The van der Waals surface area contributed by atoms with Gasteiger partial charge in [-0.15, -0.1) is 0 Å². The number of hydrogen-bond acceptors (Lipinski definition) is 3. The van der Waals surface area contributed by atoms with Crippen molar-refractivity contribution < 1.29 is 9.32 Å². The minimum absolute atomic E-state index is 0.129. The van der Waals surface area contributed by atoms with Crippen LogP contribution in [0.25, 0.3) is 0 Å². The summed E-state index contributed by atoms with van der Waals surface area (Å²) in [4.78, 5) is 12.1. The van der Waals surface area contributed by atoms with Crippen molar-refractivity contribution in [1.29, 1.82) is 0 Å². The molecule has 0 atom stereocenters. The van der Waals surface area contributed by atoms with E-state index in [9.17, 15) is 4.79 Å². The average molecular weight is 258 g/mol. The van der Waals surface area contributed by atoms with Crippen LogP contribution in [0.5, 0.6) is 0 Å². The molecule has 4 heteroatoms. The molecule has 100 valence electrons. The molecular formula is C15H18N2O2. The topological polar surface area (TPSA) is 55.1 Å². The molecule has 2 rings (SSSR count). The average Bonchev–Trinajstić information content (AvgIpc) is 2.79. The zero-order valence-electron chi connectivity index (χ0n) is 11.5. The Morgan fingerprint density at radius 2 is 1.95 bits per heavy atom. The van der Waals surface area contributed by atoms with Gasteiger partial charge >= 0.3 is 0 Å². The molecule has 0 saturated heterocycles. The SMILES string of the molecule is CCc1onc(C)c1C(=O)NCc1ccc(C)cc1. The number of nitrogens with one attached hydrogen (secondary N) is 1. The smallest absolute Gasteiger partial charge is 0.257 e. The molecule has 4 nitrogen and oxygen atoms in total. The Bertz CT molecular complexity index is 570. The quantitative estimate of drug-likeness (QED) is 0.917. The first-order valence-electron chi connectivity index (χ1n) is 6.40. The van der Waals surface area contributed by atoms with E-state index >= 15 is 0 Å².